The van der Waals surface area contributed by atoms with Gasteiger partial charge in [-0.1, -0.05) is 18.2 Å². The maximum absolute atomic E-state index is 12.5. The number of amides is 1. The topological polar surface area (TPSA) is 128 Å². The number of hydrogen-bond donors (Lipinski definition) is 3. The summed E-state index contributed by atoms with van der Waals surface area (Å²) in [4.78, 5) is 28.9. The van der Waals surface area contributed by atoms with Crippen molar-refractivity contribution in [1.29, 1.82) is 0 Å². The van der Waals surface area contributed by atoms with Crippen molar-refractivity contribution in [3.05, 3.63) is 59.9 Å². The minimum absolute atomic E-state index is 0.0769. The van der Waals surface area contributed by atoms with Crippen LogP contribution in [0.2, 0.25) is 0 Å². The zero-order valence-electron chi connectivity index (χ0n) is 22.1. The SMILES string of the molecule is NC(=O)c1nc(-c2ccccn2)c(NC2CC3(CCOCC3)C2)nc1Nc1ccc(CN2CCOCC2)cc1. The van der Waals surface area contributed by atoms with Crippen LogP contribution in [0.25, 0.3) is 11.4 Å². The van der Waals surface area contributed by atoms with Crippen LogP contribution in [0.1, 0.15) is 41.7 Å². The zero-order valence-corrected chi connectivity index (χ0v) is 22.1. The third-order valence-electron chi connectivity index (χ3n) is 8.02. The highest BCUT2D eigenvalue weighted by Gasteiger charge is 2.45. The predicted octanol–water partition coefficient (Wildman–Crippen LogP) is 3.58. The number of carbonyl (C=O) groups is 1. The highest BCUT2D eigenvalue weighted by Crippen LogP contribution is 2.50. The number of aromatic nitrogens is 3. The van der Waals surface area contributed by atoms with Crippen molar-refractivity contribution in [3.63, 3.8) is 0 Å². The molecule has 1 aliphatic carbocycles. The molecule has 1 saturated carbocycles. The summed E-state index contributed by atoms with van der Waals surface area (Å²) >= 11 is 0. The molecule has 1 amide bonds. The first-order valence-electron chi connectivity index (χ1n) is 13.7. The van der Waals surface area contributed by atoms with E-state index in [1.165, 1.54) is 5.56 Å². The first kappa shape index (κ1) is 25.7. The number of morpholine rings is 1. The Morgan fingerprint density at radius 2 is 1.72 bits per heavy atom. The predicted molar refractivity (Wildman–Crippen MR) is 149 cm³/mol. The number of ether oxygens (including phenoxy) is 2. The van der Waals surface area contributed by atoms with Gasteiger partial charge in [-0.25, -0.2) is 9.97 Å². The molecule has 10 nitrogen and oxygen atoms in total. The maximum Gasteiger partial charge on any atom is 0.271 e. The molecule has 39 heavy (non-hydrogen) atoms. The smallest absolute Gasteiger partial charge is 0.271 e. The van der Waals surface area contributed by atoms with Crippen molar-refractivity contribution in [1.82, 2.24) is 19.9 Å². The van der Waals surface area contributed by atoms with E-state index < -0.39 is 5.91 Å². The van der Waals surface area contributed by atoms with E-state index in [0.29, 0.717) is 28.4 Å². The lowest BCUT2D eigenvalue weighted by Crippen LogP contribution is -2.48. The first-order chi connectivity index (χ1) is 19.1. The summed E-state index contributed by atoms with van der Waals surface area (Å²) < 4.78 is 11.0. The fraction of sp³-hybridized carbons (Fsp3) is 0.448. The quantitative estimate of drug-likeness (QED) is 0.401. The van der Waals surface area contributed by atoms with Crippen LogP contribution in [-0.2, 0) is 16.0 Å². The van der Waals surface area contributed by atoms with Gasteiger partial charge in [0.2, 0.25) is 0 Å². The molecule has 204 valence electrons. The lowest BCUT2D eigenvalue weighted by molar-refractivity contribution is -0.0342. The molecule has 3 aromatic rings. The first-order valence-corrected chi connectivity index (χ1v) is 13.7. The summed E-state index contributed by atoms with van der Waals surface area (Å²) in [5.74, 6) is 0.269. The second-order valence-electron chi connectivity index (χ2n) is 10.8. The van der Waals surface area contributed by atoms with Gasteiger partial charge in [-0.05, 0) is 60.9 Å². The van der Waals surface area contributed by atoms with Crippen LogP contribution in [0, 0.1) is 5.41 Å². The fourth-order valence-corrected chi connectivity index (χ4v) is 5.82. The number of carbonyl (C=O) groups excluding carboxylic acids is 1. The molecule has 1 aromatic carbocycles. The Hall–Kier alpha value is -3.60. The van der Waals surface area contributed by atoms with Gasteiger partial charge in [0.25, 0.3) is 5.91 Å². The summed E-state index contributed by atoms with van der Waals surface area (Å²) in [6.45, 7) is 5.96. The molecule has 3 fully saturated rings. The molecule has 1 spiro atoms. The van der Waals surface area contributed by atoms with E-state index in [0.717, 1.165) is 77.4 Å². The Balaban J connectivity index is 1.25. The monoisotopic (exact) mass is 529 g/mol. The molecule has 6 rings (SSSR count). The summed E-state index contributed by atoms with van der Waals surface area (Å²) in [6.07, 6.45) is 6.02. The lowest BCUT2D eigenvalue weighted by atomic mass is 9.61. The Morgan fingerprint density at radius 1 is 0.974 bits per heavy atom. The molecule has 4 heterocycles. The van der Waals surface area contributed by atoms with E-state index in [1.807, 2.05) is 30.3 Å². The second-order valence-corrected chi connectivity index (χ2v) is 10.8. The molecule has 2 aromatic heterocycles. The van der Waals surface area contributed by atoms with Gasteiger partial charge in [0.05, 0.1) is 18.9 Å². The molecule has 4 N–H and O–H groups in total. The largest absolute Gasteiger partial charge is 0.381 e. The Kier molecular flexibility index (Phi) is 7.40. The number of rotatable bonds is 8. The Labute approximate surface area is 228 Å². The van der Waals surface area contributed by atoms with Gasteiger partial charge in [0, 0.05) is 50.8 Å². The summed E-state index contributed by atoms with van der Waals surface area (Å²) in [5.41, 5.74) is 9.37. The van der Waals surface area contributed by atoms with Crippen LogP contribution in [-0.4, -0.2) is 71.3 Å². The number of anilines is 3. The van der Waals surface area contributed by atoms with Crippen molar-refractivity contribution in [2.24, 2.45) is 11.1 Å². The zero-order chi connectivity index (χ0) is 26.7. The summed E-state index contributed by atoms with van der Waals surface area (Å²) in [6, 6.07) is 14.0. The van der Waals surface area contributed by atoms with Gasteiger partial charge in [-0.15, -0.1) is 0 Å². The van der Waals surface area contributed by atoms with Crippen LogP contribution < -0.4 is 16.4 Å². The van der Waals surface area contributed by atoms with Crippen molar-refractivity contribution < 1.29 is 14.3 Å². The molecular formula is C29H35N7O3. The fourth-order valence-electron chi connectivity index (χ4n) is 5.82. The highest BCUT2D eigenvalue weighted by molar-refractivity contribution is 5.97. The normalized spacial score (nSPS) is 19.4. The van der Waals surface area contributed by atoms with Crippen LogP contribution in [0.4, 0.5) is 17.3 Å². The second kappa shape index (κ2) is 11.3. The number of hydrogen-bond acceptors (Lipinski definition) is 9. The highest BCUT2D eigenvalue weighted by atomic mass is 16.5. The minimum atomic E-state index is -0.650. The number of nitrogens with two attached hydrogens (primary N) is 1. The van der Waals surface area contributed by atoms with E-state index in [9.17, 15) is 4.79 Å². The van der Waals surface area contributed by atoms with E-state index >= 15 is 0 Å². The van der Waals surface area contributed by atoms with Gasteiger partial charge in [0.1, 0.15) is 5.69 Å². The lowest BCUT2D eigenvalue weighted by Gasteiger charge is -2.50. The average Bonchev–Trinajstić information content (AvgIpc) is 2.95. The Morgan fingerprint density at radius 3 is 2.41 bits per heavy atom. The molecule has 0 atom stereocenters. The van der Waals surface area contributed by atoms with Crippen LogP contribution in [0.5, 0.6) is 0 Å². The number of primary amides is 1. The third-order valence-corrected chi connectivity index (χ3v) is 8.02. The molecule has 2 saturated heterocycles. The Bertz CT molecular complexity index is 1280. The molecule has 0 bridgehead atoms. The van der Waals surface area contributed by atoms with Gasteiger partial charge in [0.15, 0.2) is 17.3 Å². The van der Waals surface area contributed by atoms with Gasteiger partial charge in [-0.2, -0.15) is 0 Å². The third kappa shape index (κ3) is 5.88. The minimum Gasteiger partial charge on any atom is -0.381 e. The van der Waals surface area contributed by atoms with Gasteiger partial charge >= 0.3 is 0 Å². The number of nitrogens with one attached hydrogen (secondary N) is 2. The van der Waals surface area contributed by atoms with Gasteiger partial charge in [-0.3, -0.25) is 14.7 Å². The molecule has 2 aliphatic heterocycles. The van der Waals surface area contributed by atoms with Crippen LogP contribution in [0.15, 0.2) is 48.7 Å². The van der Waals surface area contributed by atoms with Crippen LogP contribution >= 0.6 is 0 Å². The number of benzene rings is 1. The van der Waals surface area contributed by atoms with Gasteiger partial charge < -0.3 is 25.8 Å². The standard InChI is InChI=1S/C29H35N7O3/c30-26(37)25-28(32-21-6-4-20(5-7-21)19-36-11-15-39-16-12-36)35-27(24(34-25)23-3-1-2-10-31-23)33-22-17-29(18-22)8-13-38-14-9-29/h1-7,10,22H,8-9,11-19H2,(H2,30,37)(H2,32,33,35). The molecule has 3 aliphatic rings. The molecule has 0 unspecified atom stereocenters. The molecule has 0 radical (unpaired) electrons. The summed E-state index contributed by atoms with van der Waals surface area (Å²) in [7, 11) is 0. The average molecular weight is 530 g/mol. The van der Waals surface area contributed by atoms with E-state index in [1.54, 1.807) is 6.20 Å². The van der Waals surface area contributed by atoms with Crippen molar-refractivity contribution in [2.75, 3.05) is 50.2 Å². The number of pyridine rings is 1. The van der Waals surface area contributed by atoms with Crippen LogP contribution in [0.3, 0.4) is 0 Å². The van der Waals surface area contributed by atoms with E-state index in [-0.39, 0.29) is 11.7 Å². The summed E-state index contributed by atoms with van der Waals surface area (Å²) in [5, 5.41) is 6.89. The number of nitrogens with zero attached hydrogens (tertiary/aromatic N) is 4. The molecular weight excluding hydrogens is 494 g/mol. The van der Waals surface area contributed by atoms with Crippen molar-refractivity contribution in [3.8, 4) is 11.4 Å². The van der Waals surface area contributed by atoms with E-state index in [4.69, 9.17) is 20.2 Å². The van der Waals surface area contributed by atoms with Crippen molar-refractivity contribution >= 4 is 23.2 Å². The van der Waals surface area contributed by atoms with Crippen molar-refractivity contribution in [2.45, 2.75) is 38.3 Å². The van der Waals surface area contributed by atoms with E-state index in [2.05, 4.69) is 37.6 Å². The maximum atomic E-state index is 12.5. The molecule has 10 heteroatoms.